The first kappa shape index (κ1) is 14.0. The lowest BCUT2D eigenvalue weighted by atomic mass is 10.2. The van der Waals surface area contributed by atoms with Crippen LogP contribution in [0.4, 0.5) is 14.5 Å². The molecule has 1 heterocycles. The Morgan fingerprint density at radius 2 is 2.20 bits per heavy atom. The van der Waals surface area contributed by atoms with Gasteiger partial charge in [-0.2, -0.15) is 0 Å². The highest BCUT2D eigenvalue weighted by Crippen LogP contribution is 2.21. The van der Waals surface area contributed by atoms with Crippen molar-refractivity contribution < 1.29 is 18.3 Å². The quantitative estimate of drug-likeness (QED) is 0.852. The maximum Gasteiger partial charge on any atom is 0.340 e. The standard InChI is InChI=1S/C13H13F2N3O2/c1-20-13(19)9-2-3-10(12(15)11(9)14)17-5-7-18-6-4-16-8-18/h2-4,6,8,17H,5,7H2,1H3. The van der Waals surface area contributed by atoms with E-state index in [2.05, 4.69) is 15.0 Å². The Morgan fingerprint density at radius 3 is 2.85 bits per heavy atom. The number of ether oxygens (including phenoxy) is 1. The first-order valence-corrected chi connectivity index (χ1v) is 5.89. The molecular weight excluding hydrogens is 268 g/mol. The van der Waals surface area contributed by atoms with Crippen molar-refractivity contribution in [1.29, 1.82) is 0 Å². The van der Waals surface area contributed by atoms with Gasteiger partial charge in [0.05, 0.1) is 24.7 Å². The van der Waals surface area contributed by atoms with E-state index in [4.69, 9.17) is 0 Å². The number of halogens is 2. The van der Waals surface area contributed by atoms with Crippen LogP contribution in [-0.2, 0) is 11.3 Å². The molecule has 0 saturated carbocycles. The molecule has 0 bridgehead atoms. The molecule has 5 nitrogen and oxygen atoms in total. The molecule has 0 atom stereocenters. The number of esters is 1. The van der Waals surface area contributed by atoms with Crippen molar-refractivity contribution in [3.63, 3.8) is 0 Å². The first-order chi connectivity index (χ1) is 9.63. The zero-order valence-electron chi connectivity index (χ0n) is 10.8. The maximum atomic E-state index is 13.8. The van der Waals surface area contributed by atoms with Crippen LogP contribution in [0.15, 0.2) is 30.9 Å². The Balaban J connectivity index is 2.05. The molecule has 0 amide bonds. The Kier molecular flexibility index (Phi) is 4.29. The zero-order chi connectivity index (χ0) is 14.5. The summed E-state index contributed by atoms with van der Waals surface area (Å²) in [6.07, 6.45) is 5.02. The van der Waals surface area contributed by atoms with Gasteiger partial charge in [0.15, 0.2) is 11.6 Å². The van der Waals surface area contributed by atoms with E-state index in [1.165, 1.54) is 12.1 Å². The van der Waals surface area contributed by atoms with Crippen LogP contribution in [0.2, 0.25) is 0 Å². The van der Waals surface area contributed by atoms with Crippen LogP contribution in [0.1, 0.15) is 10.4 Å². The van der Waals surface area contributed by atoms with E-state index in [1.54, 1.807) is 23.3 Å². The van der Waals surface area contributed by atoms with Gasteiger partial charge in [-0.25, -0.2) is 18.6 Å². The molecule has 1 aromatic carbocycles. The van der Waals surface area contributed by atoms with Gasteiger partial charge in [-0.1, -0.05) is 0 Å². The predicted molar refractivity (Wildman–Crippen MR) is 68.4 cm³/mol. The topological polar surface area (TPSA) is 56.1 Å². The molecule has 0 saturated heterocycles. The van der Waals surface area contributed by atoms with Crippen LogP contribution < -0.4 is 5.32 Å². The van der Waals surface area contributed by atoms with Crippen LogP contribution >= 0.6 is 0 Å². The van der Waals surface area contributed by atoms with E-state index in [1.807, 2.05) is 0 Å². The lowest BCUT2D eigenvalue weighted by Crippen LogP contribution is -2.12. The molecule has 0 unspecified atom stereocenters. The molecule has 0 aliphatic heterocycles. The number of carbonyl (C=O) groups is 1. The van der Waals surface area contributed by atoms with E-state index in [0.717, 1.165) is 7.11 Å². The molecule has 20 heavy (non-hydrogen) atoms. The SMILES string of the molecule is COC(=O)c1ccc(NCCn2ccnc2)c(F)c1F. The van der Waals surface area contributed by atoms with Gasteiger partial charge in [0, 0.05) is 25.5 Å². The van der Waals surface area contributed by atoms with E-state index in [0.29, 0.717) is 13.1 Å². The second-order valence-electron chi connectivity index (χ2n) is 4.01. The smallest absolute Gasteiger partial charge is 0.340 e. The summed E-state index contributed by atoms with van der Waals surface area (Å²) in [5.41, 5.74) is -0.430. The summed E-state index contributed by atoms with van der Waals surface area (Å²) in [7, 11) is 1.11. The van der Waals surface area contributed by atoms with Gasteiger partial charge in [-0.3, -0.25) is 0 Å². The number of nitrogens with zero attached hydrogens (tertiary/aromatic N) is 2. The number of rotatable bonds is 5. The lowest BCUT2D eigenvalue weighted by molar-refractivity contribution is 0.0594. The first-order valence-electron chi connectivity index (χ1n) is 5.89. The number of nitrogens with one attached hydrogen (secondary N) is 1. The van der Waals surface area contributed by atoms with Gasteiger partial charge in [-0.05, 0) is 12.1 Å². The van der Waals surface area contributed by atoms with E-state index < -0.39 is 23.2 Å². The number of anilines is 1. The molecule has 0 radical (unpaired) electrons. The number of carbonyl (C=O) groups excluding carboxylic acids is 1. The highest BCUT2D eigenvalue weighted by atomic mass is 19.2. The molecule has 0 fully saturated rings. The molecule has 0 aliphatic carbocycles. The molecule has 2 aromatic rings. The second-order valence-corrected chi connectivity index (χ2v) is 4.01. The van der Waals surface area contributed by atoms with Gasteiger partial charge >= 0.3 is 5.97 Å². The molecule has 0 aliphatic rings. The largest absolute Gasteiger partial charge is 0.465 e. The number of methoxy groups -OCH3 is 1. The third-order valence-electron chi connectivity index (χ3n) is 2.73. The zero-order valence-corrected chi connectivity index (χ0v) is 10.8. The van der Waals surface area contributed by atoms with Crippen molar-refractivity contribution in [2.75, 3.05) is 19.0 Å². The fourth-order valence-electron chi connectivity index (χ4n) is 1.69. The molecule has 1 N–H and O–H groups in total. The van der Waals surface area contributed by atoms with Gasteiger partial charge in [0.25, 0.3) is 0 Å². The Bertz CT molecular complexity index is 600. The van der Waals surface area contributed by atoms with E-state index >= 15 is 0 Å². The van der Waals surface area contributed by atoms with Crippen molar-refractivity contribution in [3.8, 4) is 0 Å². The third kappa shape index (κ3) is 2.93. The fraction of sp³-hybridized carbons (Fsp3) is 0.231. The van der Waals surface area contributed by atoms with Crippen molar-refractivity contribution in [1.82, 2.24) is 9.55 Å². The van der Waals surface area contributed by atoms with E-state index in [-0.39, 0.29) is 5.69 Å². The van der Waals surface area contributed by atoms with Gasteiger partial charge in [0.2, 0.25) is 0 Å². The summed E-state index contributed by atoms with van der Waals surface area (Å²) in [5.74, 6) is -3.23. The molecule has 0 spiro atoms. The number of aromatic nitrogens is 2. The lowest BCUT2D eigenvalue weighted by Gasteiger charge is -2.10. The van der Waals surface area contributed by atoms with Gasteiger partial charge in [-0.15, -0.1) is 0 Å². The normalized spacial score (nSPS) is 10.3. The number of hydrogen-bond donors (Lipinski definition) is 1. The Hall–Kier alpha value is -2.44. The molecular formula is C13H13F2N3O2. The predicted octanol–water partition coefficient (Wildman–Crippen LogP) is 2.06. The molecule has 106 valence electrons. The van der Waals surface area contributed by atoms with Crippen molar-refractivity contribution in [3.05, 3.63) is 48.1 Å². The second kappa shape index (κ2) is 6.14. The summed E-state index contributed by atoms with van der Waals surface area (Å²) in [5, 5.41) is 2.76. The highest BCUT2D eigenvalue weighted by molar-refractivity contribution is 5.90. The van der Waals surface area contributed by atoms with Crippen LogP contribution in [0, 0.1) is 11.6 Å². The van der Waals surface area contributed by atoms with Gasteiger partial charge < -0.3 is 14.6 Å². The number of hydrogen-bond acceptors (Lipinski definition) is 4. The monoisotopic (exact) mass is 281 g/mol. The minimum absolute atomic E-state index is 0.00438. The van der Waals surface area contributed by atoms with Crippen LogP contribution in [-0.4, -0.2) is 29.2 Å². The summed E-state index contributed by atoms with van der Waals surface area (Å²) in [4.78, 5) is 15.1. The summed E-state index contributed by atoms with van der Waals surface area (Å²) in [6.45, 7) is 0.949. The summed E-state index contributed by atoms with van der Waals surface area (Å²) < 4.78 is 33.6. The Labute approximate surface area is 114 Å². The van der Waals surface area contributed by atoms with Crippen LogP contribution in [0.3, 0.4) is 0 Å². The highest BCUT2D eigenvalue weighted by Gasteiger charge is 2.18. The third-order valence-corrected chi connectivity index (χ3v) is 2.73. The summed E-state index contributed by atoms with van der Waals surface area (Å²) in [6, 6.07) is 2.49. The van der Waals surface area contributed by atoms with Crippen molar-refractivity contribution >= 4 is 11.7 Å². The number of benzene rings is 1. The average molecular weight is 281 g/mol. The van der Waals surface area contributed by atoms with E-state index in [9.17, 15) is 13.6 Å². The minimum Gasteiger partial charge on any atom is -0.465 e. The fourth-order valence-corrected chi connectivity index (χ4v) is 1.69. The van der Waals surface area contributed by atoms with Crippen molar-refractivity contribution in [2.24, 2.45) is 0 Å². The molecule has 1 aromatic heterocycles. The minimum atomic E-state index is -1.22. The van der Waals surface area contributed by atoms with Crippen LogP contribution in [0.25, 0.3) is 0 Å². The van der Waals surface area contributed by atoms with Gasteiger partial charge in [0.1, 0.15) is 0 Å². The van der Waals surface area contributed by atoms with Crippen molar-refractivity contribution in [2.45, 2.75) is 6.54 Å². The molecule has 2 rings (SSSR count). The maximum absolute atomic E-state index is 13.8. The number of imidazole rings is 1. The average Bonchev–Trinajstić information content (AvgIpc) is 2.96. The Morgan fingerprint density at radius 1 is 1.40 bits per heavy atom. The summed E-state index contributed by atoms with van der Waals surface area (Å²) >= 11 is 0. The molecule has 7 heteroatoms. The van der Waals surface area contributed by atoms with Crippen LogP contribution in [0.5, 0.6) is 0 Å².